The molecule has 60 heavy (non-hydrogen) atoms. The fraction of sp³-hybridized carbons (Fsp3) is 0.0400. The quantitative estimate of drug-likeness (QED) is 0.132. The van der Waals surface area contributed by atoms with Crippen molar-refractivity contribution in [3.8, 4) is 22.3 Å². The highest BCUT2D eigenvalue weighted by Gasteiger charge is 2.49. The summed E-state index contributed by atoms with van der Waals surface area (Å²) >= 11 is 28.0. The highest BCUT2D eigenvalue weighted by molar-refractivity contribution is 6.55. The first-order valence-corrected chi connectivity index (χ1v) is 20.9. The van der Waals surface area contributed by atoms with Crippen LogP contribution in [0.1, 0.15) is 27.8 Å². The Bertz CT molecular complexity index is 3490. The number of hydrogen-bond acceptors (Lipinski definition) is 6. The number of benzene rings is 8. The fourth-order valence-electron chi connectivity index (χ4n) is 10.5. The molecule has 13 rings (SSSR count). The minimum absolute atomic E-state index is 0.0804. The van der Waals surface area contributed by atoms with Crippen LogP contribution in [-0.2, 0) is 16.1 Å². The van der Waals surface area contributed by atoms with E-state index in [0.717, 1.165) is 71.7 Å². The molecular weight excluding hydrogens is 830 g/mol. The molecule has 0 saturated carbocycles. The first kappa shape index (κ1) is 34.6. The molecule has 0 amide bonds. The number of carbonyl (C=O) groups excluding carboxylic acids is 1. The summed E-state index contributed by atoms with van der Waals surface area (Å²) < 4.78 is 0. The van der Waals surface area contributed by atoms with E-state index < -0.39 is 17.1 Å². The standard InChI is InChI=1S/C50H26Cl4N4O2/c51-25-17-23-19-35(53)41(45-39(23)37(21-25)55-49(57-45)31-13-5-1-9-27(31)28-10-2-6-14-32(28)49)43-47(59)44(48(43)60)42-36(54)20-24-18-26(52)22-38-40(24)46(42)58-50(56-38)33-15-7-3-11-29(33)30-12-4-8-16-34(30)50/h1-22,55,57-59H/b44-42+. The molecule has 4 N–H and O–H groups in total. The summed E-state index contributed by atoms with van der Waals surface area (Å²) in [7, 11) is 0. The van der Waals surface area contributed by atoms with Crippen molar-refractivity contribution in [2.24, 2.45) is 4.99 Å². The SMILES string of the molecule is O=C1C(c2c(Cl)cc3cc(Cl)cc4c3c2NC2(N4)c3ccccc3-c3ccccc32)=C(O)/C1=c1/c(Cl)cc2cc(Cl)cc3c2c1NC1(N=3)c2ccccc2-c2ccccc21. The van der Waals surface area contributed by atoms with Crippen LogP contribution < -0.4 is 26.5 Å². The molecule has 0 bridgehead atoms. The number of hydrogen-bond donors (Lipinski definition) is 4. The Labute approximate surface area is 362 Å². The molecule has 10 heteroatoms. The zero-order chi connectivity index (χ0) is 40.4. The summed E-state index contributed by atoms with van der Waals surface area (Å²) in [6.07, 6.45) is 0. The smallest absolute Gasteiger partial charge is 0.201 e. The molecule has 0 atom stereocenters. The highest BCUT2D eigenvalue weighted by Crippen LogP contribution is 2.57. The molecule has 0 radical (unpaired) electrons. The maximum atomic E-state index is 15.1. The van der Waals surface area contributed by atoms with Crippen LogP contribution in [0.5, 0.6) is 0 Å². The average molecular weight is 857 g/mol. The predicted molar refractivity (Wildman–Crippen MR) is 243 cm³/mol. The molecule has 8 aromatic carbocycles. The molecular formula is C50H26Cl4N4O2. The number of carbonyl (C=O) groups is 1. The van der Waals surface area contributed by atoms with E-state index in [1.165, 1.54) is 0 Å². The van der Waals surface area contributed by atoms with Gasteiger partial charge >= 0.3 is 0 Å². The Kier molecular flexibility index (Phi) is 6.75. The maximum absolute atomic E-state index is 15.1. The summed E-state index contributed by atoms with van der Waals surface area (Å²) in [6, 6.07) is 43.7. The average Bonchev–Trinajstić information content (AvgIpc) is 3.66. The third kappa shape index (κ3) is 4.21. The number of aliphatic hydroxyl groups excluding tert-OH is 1. The van der Waals surface area contributed by atoms with Gasteiger partial charge in [0.1, 0.15) is 5.76 Å². The van der Waals surface area contributed by atoms with E-state index in [-0.39, 0.29) is 27.0 Å². The topological polar surface area (TPSA) is 85.8 Å². The number of halogens is 4. The van der Waals surface area contributed by atoms with Gasteiger partial charge in [0.25, 0.3) is 0 Å². The number of nitrogens with one attached hydrogen (secondary N) is 3. The Morgan fingerprint density at radius 3 is 1.68 bits per heavy atom. The molecule has 8 aromatic rings. The third-order valence-corrected chi connectivity index (χ3v) is 13.9. The molecule has 0 unspecified atom stereocenters. The number of rotatable bonds is 1. The lowest BCUT2D eigenvalue weighted by atomic mass is 9.79. The number of aliphatic hydroxyl groups is 1. The first-order valence-electron chi connectivity index (χ1n) is 19.4. The van der Waals surface area contributed by atoms with Crippen LogP contribution in [0.4, 0.5) is 17.1 Å². The summed E-state index contributed by atoms with van der Waals surface area (Å²) in [4.78, 5) is 20.5. The van der Waals surface area contributed by atoms with Crippen molar-refractivity contribution < 1.29 is 9.90 Å². The van der Waals surface area contributed by atoms with Gasteiger partial charge in [-0.3, -0.25) is 4.79 Å². The molecule has 0 saturated heterocycles. The van der Waals surface area contributed by atoms with Gasteiger partial charge in [0.05, 0.1) is 37.9 Å². The van der Waals surface area contributed by atoms with Gasteiger partial charge in [-0.15, -0.1) is 0 Å². The molecule has 6 nitrogen and oxygen atoms in total. The van der Waals surface area contributed by atoms with Gasteiger partial charge in [-0.1, -0.05) is 143 Å². The highest BCUT2D eigenvalue weighted by atomic mass is 35.5. The van der Waals surface area contributed by atoms with Gasteiger partial charge in [-0.25, -0.2) is 4.99 Å². The van der Waals surface area contributed by atoms with Gasteiger partial charge in [0, 0.05) is 59.5 Å². The Morgan fingerprint density at radius 1 is 0.533 bits per heavy atom. The van der Waals surface area contributed by atoms with Gasteiger partial charge in [0.2, 0.25) is 5.78 Å². The van der Waals surface area contributed by atoms with Crippen LogP contribution in [0.3, 0.4) is 0 Å². The minimum Gasteiger partial charge on any atom is -0.506 e. The van der Waals surface area contributed by atoms with E-state index in [1.807, 2.05) is 72.8 Å². The summed E-state index contributed by atoms with van der Waals surface area (Å²) in [5.74, 6) is -0.617. The lowest BCUT2D eigenvalue weighted by Gasteiger charge is -2.42. The van der Waals surface area contributed by atoms with E-state index in [9.17, 15) is 5.11 Å². The molecule has 286 valence electrons. The second kappa shape index (κ2) is 11.7. The first-order chi connectivity index (χ1) is 29.2. The predicted octanol–water partition coefficient (Wildman–Crippen LogP) is 12.0. The van der Waals surface area contributed by atoms with Crippen LogP contribution in [0, 0.1) is 0 Å². The van der Waals surface area contributed by atoms with E-state index >= 15 is 4.79 Å². The fourth-order valence-corrected chi connectivity index (χ4v) is 11.6. The molecule has 2 aliphatic heterocycles. The number of nitrogens with zero attached hydrogens (tertiary/aromatic N) is 1. The molecule has 0 aromatic heterocycles. The van der Waals surface area contributed by atoms with Crippen molar-refractivity contribution in [3.63, 3.8) is 0 Å². The minimum atomic E-state index is -1.07. The summed E-state index contributed by atoms with van der Waals surface area (Å²) in [5.41, 5.74) is 8.57. The summed E-state index contributed by atoms with van der Waals surface area (Å²) in [5, 5.41) is 29.5. The van der Waals surface area contributed by atoms with Crippen LogP contribution in [0.15, 0.2) is 144 Å². The molecule has 0 fully saturated rings. The Balaban J connectivity index is 1.08. The lowest BCUT2D eigenvalue weighted by molar-refractivity contribution is -0.109. The molecule has 2 spiro atoms. The second-order valence-electron chi connectivity index (χ2n) is 15.8. The molecule has 2 heterocycles. The Hall–Kier alpha value is -6.28. The largest absolute Gasteiger partial charge is 0.506 e. The lowest BCUT2D eigenvalue weighted by Crippen LogP contribution is -2.45. The van der Waals surface area contributed by atoms with Gasteiger partial charge < -0.3 is 21.1 Å². The third-order valence-electron chi connectivity index (χ3n) is 12.8. The summed E-state index contributed by atoms with van der Waals surface area (Å²) in [6.45, 7) is 0. The number of Topliss-reactive ketones (excluding diaryl/α,β-unsaturated/α-hetero) is 1. The van der Waals surface area contributed by atoms with Gasteiger partial charge in [-0.05, 0) is 69.4 Å². The van der Waals surface area contributed by atoms with Crippen LogP contribution in [0.2, 0.25) is 20.1 Å². The number of ketones is 1. The van der Waals surface area contributed by atoms with E-state index in [4.69, 9.17) is 51.4 Å². The zero-order valence-electron chi connectivity index (χ0n) is 31.0. The van der Waals surface area contributed by atoms with Crippen LogP contribution >= 0.6 is 46.4 Å². The van der Waals surface area contributed by atoms with E-state index in [1.54, 1.807) is 12.1 Å². The van der Waals surface area contributed by atoms with Crippen LogP contribution in [0.25, 0.3) is 54.9 Å². The number of anilines is 3. The van der Waals surface area contributed by atoms with Crippen molar-refractivity contribution in [3.05, 3.63) is 198 Å². The van der Waals surface area contributed by atoms with Crippen molar-refractivity contribution in [1.29, 1.82) is 0 Å². The van der Waals surface area contributed by atoms with Crippen molar-refractivity contribution in [2.45, 2.75) is 11.3 Å². The van der Waals surface area contributed by atoms with E-state index in [2.05, 4.69) is 64.5 Å². The van der Waals surface area contributed by atoms with Gasteiger partial charge in [-0.2, -0.15) is 0 Å². The number of allylic oxidation sites excluding steroid dienone is 2. The van der Waals surface area contributed by atoms with Crippen molar-refractivity contribution in [2.75, 3.05) is 16.0 Å². The van der Waals surface area contributed by atoms with Crippen molar-refractivity contribution in [1.82, 2.24) is 0 Å². The number of fused-ring (bicyclic) bond motifs is 10. The zero-order valence-corrected chi connectivity index (χ0v) is 34.0. The second-order valence-corrected chi connectivity index (χ2v) is 17.5. The normalized spacial score (nSPS) is 17.4. The molecule has 5 aliphatic rings. The molecule has 3 aliphatic carbocycles. The Morgan fingerprint density at radius 2 is 1.07 bits per heavy atom. The van der Waals surface area contributed by atoms with Gasteiger partial charge in [0.15, 0.2) is 11.3 Å². The van der Waals surface area contributed by atoms with Crippen molar-refractivity contribution >= 4 is 102 Å². The van der Waals surface area contributed by atoms with Crippen LogP contribution in [-0.4, -0.2) is 10.9 Å². The van der Waals surface area contributed by atoms with E-state index in [0.29, 0.717) is 37.6 Å². The monoisotopic (exact) mass is 854 g/mol. The maximum Gasteiger partial charge on any atom is 0.201 e.